The second kappa shape index (κ2) is 3.61. The molecular formula is C7H9NO2. The summed E-state index contributed by atoms with van der Waals surface area (Å²) in [6.45, 7) is 4.51. The minimum atomic E-state index is -0.354. The molecule has 0 amide bonds. The molecule has 0 saturated heterocycles. The summed E-state index contributed by atoms with van der Waals surface area (Å²) in [6, 6.07) is 0. The quantitative estimate of drug-likeness (QED) is 0.567. The highest BCUT2D eigenvalue weighted by molar-refractivity contribution is 6.05. The Kier molecular flexibility index (Phi) is 3.11. The Hall–Kier alpha value is -1.38. The number of hydrogen-bond acceptors (Lipinski definition) is 3. The van der Waals surface area contributed by atoms with Gasteiger partial charge in [-0.05, 0) is 6.08 Å². The van der Waals surface area contributed by atoms with E-state index in [0.717, 1.165) is 12.2 Å². The van der Waals surface area contributed by atoms with Crippen molar-refractivity contribution in [1.82, 2.24) is 0 Å². The van der Waals surface area contributed by atoms with Crippen molar-refractivity contribution < 1.29 is 9.59 Å². The minimum Gasteiger partial charge on any atom is -0.396 e. The first-order chi connectivity index (χ1) is 4.57. The van der Waals surface area contributed by atoms with Crippen LogP contribution in [0.1, 0.15) is 6.92 Å². The topological polar surface area (TPSA) is 60.2 Å². The van der Waals surface area contributed by atoms with Gasteiger partial charge in [0.15, 0.2) is 11.6 Å². The lowest BCUT2D eigenvalue weighted by Gasteiger charge is -1.89. The molecule has 2 N–H and O–H groups in total. The zero-order chi connectivity index (χ0) is 8.15. The van der Waals surface area contributed by atoms with Gasteiger partial charge in [-0.25, -0.2) is 0 Å². The number of rotatable bonds is 3. The monoisotopic (exact) mass is 139 g/mol. The summed E-state index contributed by atoms with van der Waals surface area (Å²) in [5, 5.41) is 0. The second-order valence-electron chi connectivity index (χ2n) is 1.76. The first kappa shape index (κ1) is 8.62. The fraction of sp³-hybridized carbons (Fsp3) is 0.143. The Labute approximate surface area is 59.2 Å². The molecule has 0 aliphatic rings. The molecule has 0 aliphatic heterocycles. The molecule has 54 valence electrons. The Morgan fingerprint density at radius 2 is 2.00 bits per heavy atom. The van der Waals surface area contributed by atoms with E-state index in [9.17, 15) is 9.59 Å². The molecule has 0 aliphatic carbocycles. The average Bonchev–Trinajstić information content (AvgIpc) is 1.87. The number of allylic oxidation sites excluding steroid dienone is 3. The normalized spacial score (nSPS) is 10.7. The van der Waals surface area contributed by atoms with Gasteiger partial charge in [0.05, 0.1) is 5.70 Å². The molecule has 0 saturated carbocycles. The molecule has 0 aromatic heterocycles. The predicted octanol–water partition coefficient (Wildman–Crippen LogP) is 0.173. The Morgan fingerprint density at radius 1 is 1.50 bits per heavy atom. The third-order valence-electron chi connectivity index (χ3n) is 0.905. The van der Waals surface area contributed by atoms with Crippen LogP contribution in [0.2, 0.25) is 0 Å². The van der Waals surface area contributed by atoms with Crippen LogP contribution in [0.5, 0.6) is 0 Å². The van der Waals surface area contributed by atoms with Gasteiger partial charge in [0, 0.05) is 13.0 Å². The molecule has 0 atom stereocenters. The van der Waals surface area contributed by atoms with E-state index >= 15 is 0 Å². The highest BCUT2D eigenvalue weighted by atomic mass is 16.1. The largest absolute Gasteiger partial charge is 0.396 e. The summed E-state index contributed by atoms with van der Waals surface area (Å²) in [5.74, 6) is -0.664. The number of Topliss-reactive ketones (excluding diaryl/α,β-unsaturated/α-hetero) is 1. The van der Waals surface area contributed by atoms with Crippen LogP contribution >= 0.6 is 0 Å². The maximum Gasteiger partial charge on any atom is 0.180 e. The van der Waals surface area contributed by atoms with Crippen LogP contribution in [0, 0.1) is 0 Å². The fourth-order valence-corrected chi connectivity index (χ4v) is 0.314. The molecule has 0 bridgehead atoms. The van der Waals surface area contributed by atoms with E-state index < -0.39 is 0 Å². The first-order valence-electron chi connectivity index (χ1n) is 2.72. The number of nitrogens with two attached hydrogens (primary N) is 1. The van der Waals surface area contributed by atoms with Crippen molar-refractivity contribution in [1.29, 1.82) is 0 Å². The van der Waals surface area contributed by atoms with Crippen LogP contribution in [0.4, 0.5) is 0 Å². The van der Waals surface area contributed by atoms with E-state index in [4.69, 9.17) is 5.73 Å². The van der Waals surface area contributed by atoms with Gasteiger partial charge in [-0.15, -0.1) is 0 Å². The van der Waals surface area contributed by atoms with Gasteiger partial charge in [0.25, 0.3) is 0 Å². The van der Waals surface area contributed by atoms with Crippen molar-refractivity contribution in [3.63, 3.8) is 0 Å². The van der Waals surface area contributed by atoms with Gasteiger partial charge >= 0.3 is 0 Å². The van der Waals surface area contributed by atoms with Gasteiger partial charge in [0.2, 0.25) is 0 Å². The van der Waals surface area contributed by atoms with Crippen molar-refractivity contribution in [3.05, 3.63) is 24.4 Å². The second-order valence-corrected chi connectivity index (χ2v) is 1.76. The van der Waals surface area contributed by atoms with Crippen molar-refractivity contribution in [2.24, 2.45) is 5.73 Å². The summed E-state index contributed by atoms with van der Waals surface area (Å²) in [6.07, 6.45) is 2.14. The van der Waals surface area contributed by atoms with Crippen LogP contribution in [0.15, 0.2) is 24.4 Å². The van der Waals surface area contributed by atoms with Crippen LogP contribution in [0.3, 0.4) is 0 Å². The first-order valence-corrected chi connectivity index (χ1v) is 2.72. The third-order valence-corrected chi connectivity index (χ3v) is 0.905. The van der Waals surface area contributed by atoms with E-state index in [2.05, 4.69) is 6.58 Å². The number of ketones is 2. The Balaban J connectivity index is 4.30. The third kappa shape index (κ3) is 2.81. The lowest BCUT2D eigenvalue weighted by Crippen LogP contribution is -2.08. The van der Waals surface area contributed by atoms with E-state index in [1.54, 1.807) is 0 Å². The van der Waals surface area contributed by atoms with Crippen LogP contribution in [-0.2, 0) is 9.59 Å². The minimum absolute atomic E-state index is 0.0371. The summed E-state index contributed by atoms with van der Waals surface area (Å²) in [5.41, 5.74) is 5.10. The summed E-state index contributed by atoms with van der Waals surface area (Å²) in [4.78, 5) is 20.9. The lowest BCUT2D eigenvalue weighted by molar-refractivity contribution is -0.114. The van der Waals surface area contributed by atoms with E-state index in [1.807, 2.05) is 0 Å². The number of carbonyl (C=O) groups is 2. The molecular weight excluding hydrogens is 130 g/mol. The highest BCUT2D eigenvalue weighted by Crippen LogP contribution is 1.86. The predicted molar refractivity (Wildman–Crippen MR) is 38.2 cm³/mol. The van der Waals surface area contributed by atoms with E-state index in [-0.39, 0.29) is 17.3 Å². The molecule has 0 spiro atoms. The van der Waals surface area contributed by atoms with E-state index in [0.29, 0.717) is 0 Å². The lowest BCUT2D eigenvalue weighted by atomic mass is 10.2. The molecule has 0 aromatic carbocycles. The Bertz CT molecular complexity index is 204. The van der Waals surface area contributed by atoms with Gasteiger partial charge in [-0.1, -0.05) is 6.58 Å². The van der Waals surface area contributed by atoms with Crippen molar-refractivity contribution in [2.45, 2.75) is 6.92 Å². The Morgan fingerprint density at radius 3 is 2.30 bits per heavy atom. The molecule has 10 heavy (non-hydrogen) atoms. The van der Waals surface area contributed by atoms with Crippen LogP contribution < -0.4 is 5.73 Å². The SMILES string of the molecule is C=CC(=O)/C=C(/N)C(C)=O. The zero-order valence-corrected chi connectivity index (χ0v) is 5.76. The molecule has 3 nitrogen and oxygen atoms in total. The maximum atomic E-state index is 10.5. The zero-order valence-electron chi connectivity index (χ0n) is 5.76. The molecule has 0 aromatic rings. The molecule has 3 heteroatoms. The van der Waals surface area contributed by atoms with Gasteiger partial charge in [-0.2, -0.15) is 0 Å². The van der Waals surface area contributed by atoms with Gasteiger partial charge < -0.3 is 5.73 Å². The average molecular weight is 139 g/mol. The standard InChI is InChI=1S/C7H9NO2/c1-3-6(10)4-7(8)5(2)9/h3-4H,1,8H2,2H3/b7-4+. The molecule has 0 rings (SSSR count). The smallest absolute Gasteiger partial charge is 0.180 e. The number of carbonyl (C=O) groups excluding carboxylic acids is 2. The number of hydrogen-bond donors (Lipinski definition) is 1. The van der Waals surface area contributed by atoms with Crippen LogP contribution in [0.25, 0.3) is 0 Å². The summed E-state index contributed by atoms with van der Waals surface area (Å²) in [7, 11) is 0. The van der Waals surface area contributed by atoms with Gasteiger partial charge in [0.1, 0.15) is 0 Å². The van der Waals surface area contributed by atoms with Crippen molar-refractivity contribution in [2.75, 3.05) is 0 Å². The van der Waals surface area contributed by atoms with Gasteiger partial charge in [-0.3, -0.25) is 9.59 Å². The molecule has 0 unspecified atom stereocenters. The molecule has 0 fully saturated rings. The summed E-state index contributed by atoms with van der Waals surface area (Å²) < 4.78 is 0. The van der Waals surface area contributed by atoms with Crippen molar-refractivity contribution >= 4 is 11.6 Å². The highest BCUT2D eigenvalue weighted by Gasteiger charge is 1.97. The molecule has 0 radical (unpaired) electrons. The van der Waals surface area contributed by atoms with E-state index in [1.165, 1.54) is 6.92 Å². The van der Waals surface area contributed by atoms with Crippen molar-refractivity contribution in [3.8, 4) is 0 Å². The maximum absolute atomic E-state index is 10.5. The molecule has 0 heterocycles. The van der Waals surface area contributed by atoms with Crippen LogP contribution in [-0.4, -0.2) is 11.6 Å². The fourth-order valence-electron chi connectivity index (χ4n) is 0.314. The summed E-state index contributed by atoms with van der Waals surface area (Å²) >= 11 is 0.